The Kier molecular flexibility index (Phi) is 7.82. The molecule has 0 bridgehead atoms. The first-order valence-corrected chi connectivity index (χ1v) is 9.93. The number of hydrogen-bond donors (Lipinski definition) is 0. The van der Waals surface area contributed by atoms with Crippen molar-refractivity contribution in [1.82, 2.24) is 4.90 Å². The van der Waals surface area contributed by atoms with Gasteiger partial charge in [0.05, 0.1) is 0 Å². The Bertz CT molecular complexity index is 797. The van der Waals surface area contributed by atoms with Crippen LogP contribution < -0.4 is 0 Å². The maximum absolute atomic E-state index is 3.95. The number of allylic oxidation sites excluding steroid dienone is 4. The molecule has 0 aliphatic heterocycles. The van der Waals surface area contributed by atoms with E-state index in [2.05, 4.69) is 80.7 Å². The molecule has 0 saturated heterocycles. The molecule has 142 valence electrons. The molecule has 0 amide bonds. The highest BCUT2D eigenvalue weighted by Gasteiger charge is 2.29. The number of hydrogen-bond acceptors (Lipinski definition) is 1. The van der Waals surface area contributed by atoms with Crippen LogP contribution in [0.4, 0.5) is 0 Å². The molecule has 0 radical (unpaired) electrons. The maximum atomic E-state index is 3.95. The first kappa shape index (κ1) is 20.9. The van der Waals surface area contributed by atoms with Gasteiger partial charge in [0.1, 0.15) is 0 Å². The Labute approximate surface area is 165 Å². The monoisotopic (exact) mass is 359 g/mol. The summed E-state index contributed by atoms with van der Waals surface area (Å²) in [6, 6.07) is 18.4. The smallest absolute Gasteiger partial charge is 0.0139 e. The number of benzene rings is 2. The van der Waals surface area contributed by atoms with Gasteiger partial charge in [-0.15, -0.1) is 0 Å². The molecular formula is C26H33N. The lowest BCUT2D eigenvalue weighted by atomic mass is 9.76. The van der Waals surface area contributed by atoms with Crippen molar-refractivity contribution in [2.75, 3.05) is 14.1 Å². The standard InChI is InChI=1S/C24H27N.C2H6/c1-5-10-18(6-2)19-12-9-13-20(15-19)24-17-22(25(3)4)16-21-11-7-8-14-23(21)24;1-2/h5-15,22,24H,1-2,16-17H2,3-4H3;1-2H3/b18-10+;. The van der Waals surface area contributed by atoms with Crippen LogP contribution in [0, 0.1) is 0 Å². The van der Waals surface area contributed by atoms with E-state index >= 15 is 0 Å². The second kappa shape index (κ2) is 10.1. The van der Waals surface area contributed by atoms with E-state index in [1.54, 1.807) is 0 Å². The highest BCUT2D eigenvalue weighted by Crippen LogP contribution is 2.38. The van der Waals surface area contributed by atoms with Crippen LogP contribution in [0.5, 0.6) is 0 Å². The second-order valence-corrected chi connectivity index (χ2v) is 7.00. The van der Waals surface area contributed by atoms with Gasteiger partial charge in [0, 0.05) is 12.0 Å². The lowest BCUT2D eigenvalue weighted by Crippen LogP contribution is -2.35. The molecule has 27 heavy (non-hydrogen) atoms. The van der Waals surface area contributed by atoms with Gasteiger partial charge in [0.15, 0.2) is 0 Å². The molecular weight excluding hydrogens is 326 g/mol. The fourth-order valence-corrected chi connectivity index (χ4v) is 3.85. The first-order valence-electron chi connectivity index (χ1n) is 9.93. The van der Waals surface area contributed by atoms with Crippen molar-refractivity contribution in [2.24, 2.45) is 0 Å². The molecule has 0 aromatic heterocycles. The first-order chi connectivity index (χ1) is 13.1. The van der Waals surface area contributed by atoms with E-state index in [-0.39, 0.29) is 0 Å². The maximum Gasteiger partial charge on any atom is 0.0139 e. The van der Waals surface area contributed by atoms with Crippen molar-refractivity contribution >= 4 is 5.57 Å². The van der Waals surface area contributed by atoms with E-state index in [9.17, 15) is 0 Å². The van der Waals surface area contributed by atoms with Gasteiger partial charge < -0.3 is 4.90 Å². The van der Waals surface area contributed by atoms with E-state index in [0.717, 1.165) is 18.4 Å². The molecule has 1 heteroatoms. The highest BCUT2D eigenvalue weighted by atomic mass is 15.1. The molecule has 0 N–H and O–H groups in total. The molecule has 3 rings (SSSR count). The van der Waals surface area contributed by atoms with E-state index in [1.807, 2.05) is 32.1 Å². The van der Waals surface area contributed by atoms with Gasteiger partial charge in [0.2, 0.25) is 0 Å². The molecule has 0 spiro atoms. The van der Waals surface area contributed by atoms with Crippen LogP contribution in [-0.4, -0.2) is 25.0 Å². The Morgan fingerprint density at radius 3 is 2.44 bits per heavy atom. The van der Waals surface area contributed by atoms with Crippen molar-refractivity contribution in [3.63, 3.8) is 0 Å². The summed E-state index contributed by atoms with van der Waals surface area (Å²) < 4.78 is 0. The number of likely N-dealkylation sites (N-methyl/N-ethyl adjacent to an activating group) is 1. The molecule has 2 unspecified atom stereocenters. The van der Waals surface area contributed by atoms with Gasteiger partial charge in [-0.3, -0.25) is 0 Å². The fraction of sp³-hybridized carbons (Fsp3) is 0.308. The second-order valence-electron chi connectivity index (χ2n) is 7.00. The van der Waals surface area contributed by atoms with Crippen molar-refractivity contribution in [2.45, 2.75) is 38.6 Å². The van der Waals surface area contributed by atoms with Crippen LogP contribution in [0.15, 0.2) is 79.9 Å². The van der Waals surface area contributed by atoms with Crippen molar-refractivity contribution in [3.05, 3.63) is 102 Å². The average Bonchev–Trinajstić information content (AvgIpc) is 2.72. The average molecular weight is 360 g/mol. The molecule has 0 fully saturated rings. The van der Waals surface area contributed by atoms with Crippen LogP contribution in [-0.2, 0) is 6.42 Å². The molecule has 2 aromatic carbocycles. The summed E-state index contributed by atoms with van der Waals surface area (Å²) in [7, 11) is 4.38. The highest BCUT2D eigenvalue weighted by molar-refractivity contribution is 5.75. The Morgan fingerprint density at radius 2 is 1.78 bits per heavy atom. The minimum Gasteiger partial charge on any atom is -0.306 e. The number of nitrogens with zero attached hydrogens (tertiary/aromatic N) is 1. The molecule has 0 saturated carbocycles. The summed E-state index contributed by atoms with van der Waals surface area (Å²) in [5.41, 5.74) is 6.66. The van der Waals surface area contributed by atoms with Crippen molar-refractivity contribution in [3.8, 4) is 0 Å². The van der Waals surface area contributed by atoms with Crippen LogP contribution in [0.25, 0.3) is 5.57 Å². The SMILES string of the molecule is C=C/C=C(\C=C)c1cccc(C2CC(N(C)C)Cc3ccccc32)c1.CC. The van der Waals surface area contributed by atoms with E-state index < -0.39 is 0 Å². The van der Waals surface area contributed by atoms with E-state index in [4.69, 9.17) is 0 Å². The van der Waals surface area contributed by atoms with E-state index in [0.29, 0.717) is 12.0 Å². The summed E-state index contributed by atoms with van der Waals surface area (Å²) in [5, 5.41) is 0. The zero-order valence-corrected chi connectivity index (χ0v) is 17.3. The summed E-state index contributed by atoms with van der Waals surface area (Å²) >= 11 is 0. The molecule has 0 heterocycles. The summed E-state index contributed by atoms with van der Waals surface area (Å²) in [5.74, 6) is 0.437. The van der Waals surface area contributed by atoms with Crippen molar-refractivity contribution < 1.29 is 0 Å². The quantitative estimate of drug-likeness (QED) is 0.552. The normalized spacial score (nSPS) is 18.9. The largest absolute Gasteiger partial charge is 0.306 e. The number of rotatable bonds is 5. The van der Waals surface area contributed by atoms with Crippen LogP contribution in [0.2, 0.25) is 0 Å². The Balaban J connectivity index is 0.00000126. The predicted molar refractivity (Wildman–Crippen MR) is 120 cm³/mol. The minimum atomic E-state index is 0.437. The third kappa shape index (κ3) is 4.87. The molecule has 2 aromatic rings. The van der Waals surface area contributed by atoms with Crippen LogP contribution in [0.1, 0.15) is 48.4 Å². The zero-order valence-electron chi connectivity index (χ0n) is 17.3. The van der Waals surface area contributed by atoms with E-state index in [1.165, 1.54) is 22.3 Å². The summed E-state index contributed by atoms with van der Waals surface area (Å²) in [6.45, 7) is 11.8. The van der Waals surface area contributed by atoms with Gasteiger partial charge >= 0.3 is 0 Å². The molecule has 1 aliphatic rings. The van der Waals surface area contributed by atoms with Gasteiger partial charge in [-0.2, -0.15) is 0 Å². The summed E-state index contributed by atoms with van der Waals surface area (Å²) in [4.78, 5) is 2.36. The van der Waals surface area contributed by atoms with Crippen LogP contribution >= 0.6 is 0 Å². The summed E-state index contributed by atoms with van der Waals surface area (Å²) in [6.07, 6.45) is 8.03. The van der Waals surface area contributed by atoms with Gasteiger partial charge in [-0.05, 0) is 54.8 Å². The fourth-order valence-electron chi connectivity index (χ4n) is 3.85. The zero-order chi connectivity index (χ0) is 19.8. The van der Waals surface area contributed by atoms with Crippen molar-refractivity contribution in [1.29, 1.82) is 0 Å². The molecule has 1 nitrogen and oxygen atoms in total. The Hall–Kier alpha value is -2.38. The van der Waals surface area contributed by atoms with Crippen LogP contribution in [0.3, 0.4) is 0 Å². The predicted octanol–water partition coefficient (Wildman–Crippen LogP) is 6.48. The third-order valence-electron chi connectivity index (χ3n) is 5.26. The Morgan fingerprint density at radius 1 is 1.04 bits per heavy atom. The molecule has 1 aliphatic carbocycles. The number of fused-ring (bicyclic) bond motifs is 1. The topological polar surface area (TPSA) is 3.24 Å². The third-order valence-corrected chi connectivity index (χ3v) is 5.26. The lowest BCUT2D eigenvalue weighted by Gasteiger charge is -2.35. The van der Waals surface area contributed by atoms with Gasteiger partial charge in [0.25, 0.3) is 0 Å². The van der Waals surface area contributed by atoms with Gasteiger partial charge in [-0.1, -0.05) is 93.8 Å². The minimum absolute atomic E-state index is 0.437. The van der Waals surface area contributed by atoms with Gasteiger partial charge in [-0.25, -0.2) is 0 Å². The molecule has 2 atom stereocenters. The lowest BCUT2D eigenvalue weighted by molar-refractivity contribution is 0.258.